The number of hydrogen-bond donors (Lipinski definition) is 1. The zero-order valence-electron chi connectivity index (χ0n) is 14.8. The van der Waals surface area contributed by atoms with Gasteiger partial charge in [0.2, 0.25) is 0 Å². The Balaban J connectivity index is 2.38. The summed E-state index contributed by atoms with van der Waals surface area (Å²) in [7, 11) is 0. The summed E-state index contributed by atoms with van der Waals surface area (Å²) in [6.45, 7) is 5.45. The van der Waals surface area contributed by atoms with Gasteiger partial charge in [-0.05, 0) is 38.1 Å². The predicted octanol–water partition coefficient (Wildman–Crippen LogP) is 4.85. The Labute approximate surface area is 151 Å². The van der Waals surface area contributed by atoms with Gasteiger partial charge in [0, 0.05) is 13.1 Å². The molecular formula is C19H22F3N3O. The Kier molecular flexibility index (Phi) is 6.49. The average molecular weight is 365 g/mol. The lowest BCUT2D eigenvalue weighted by atomic mass is 10.2. The molecule has 0 heterocycles. The zero-order valence-corrected chi connectivity index (χ0v) is 14.8. The molecule has 0 aliphatic heterocycles. The van der Waals surface area contributed by atoms with Gasteiger partial charge in [-0.25, -0.2) is 5.01 Å². The maximum atomic E-state index is 12.8. The third kappa shape index (κ3) is 5.15. The van der Waals surface area contributed by atoms with Crippen molar-refractivity contribution in [3.8, 4) is 0 Å². The van der Waals surface area contributed by atoms with E-state index in [0.29, 0.717) is 11.4 Å². The van der Waals surface area contributed by atoms with Gasteiger partial charge < -0.3 is 4.90 Å². The van der Waals surface area contributed by atoms with Crippen LogP contribution in [0.5, 0.6) is 0 Å². The third-order valence-electron chi connectivity index (χ3n) is 3.86. The van der Waals surface area contributed by atoms with E-state index in [1.807, 2.05) is 26.0 Å². The molecule has 0 radical (unpaired) electrons. The van der Waals surface area contributed by atoms with Crippen LogP contribution in [0.25, 0.3) is 0 Å². The van der Waals surface area contributed by atoms with E-state index in [0.717, 1.165) is 23.8 Å². The van der Waals surface area contributed by atoms with Gasteiger partial charge in [-0.2, -0.15) is 13.2 Å². The minimum absolute atomic E-state index is 0.344. The van der Waals surface area contributed by atoms with Crippen molar-refractivity contribution in [2.75, 3.05) is 28.4 Å². The molecule has 0 aliphatic rings. The summed E-state index contributed by atoms with van der Waals surface area (Å²) in [6, 6.07) is 15.5. The van der Waals surface area contributed by atoms with Crippen LogP contribution in [0.4, 0.5) is 30.2 Å². The fourth-order valence-corrected chi connectivity index (χ4v) is 2.63. The standard InChI is InChI=1S/C19H22F3N3O/c1-3-24(4-2)17-13-9-8-12-16(17)23-25(15-10-6-5-7-11-15)18(26)14-19(20,21)22/h5-13,23H,3-4,14H2,1-2H3. The predicted molar refractivity (Wildman–Crippen MR) is 98.2 cm³/mol. The first-order chi connectivity index (χ1) is 12.4. The Morgan fingerprint density at radius 1 is 0.962 bits per heavy atom. The van der Waals surface area contributed by atoms with Crippen molar-refractivity contribution in [2.45, 2.75) is 26.4 Å². The zero-order chi connectivity index (χ0) is 19.2. The van der Waals surface area contributed by atoms with Gasteiger partial charge in [0.1, 0.15) is 6.42 Å². The molecule has 0 saturated heterocycles. The van der Waals surface area contributed by atoms with Crippen LogP contribution in [-0.2, 0) is 4.79 Å². The van der Waals surface area contributed by atoms with Crippen molar-refractivity contribution in [2.24, 2.45) is 0 Å². The number of para-hydroxylation sites is 3. The molecule has 0 spiro atoms. The number of hydrazine groups is 1. The molecule has 0 saturated carbocycles. The highest BCUT2D eigenvalue weighted by molar-refractivity contribution is 5.96. The number of rotatable bonds is 7. The average Bonchev–Trinajstić information content (AvgIpc) is 2.61. The lowest BCUT2D eigenvalue weighted by Gasteiger charge is -2.29. The highest BCUT2D eigenvalue weighted by Crippen LogP contribution is 2.29. The minimum Gasteiger partial charge on any atom is -0.370 e. The Morgan fingerprint density at radius 2 is 1.54 bits per heavy atom. The molecule has 7 heteroatoms. The summed E-state index contributed by atoms with van der Waals surface area (Å²) in [5, 5.41) is 0.954. The Hall–Kier alpha value is -2.70. The molecule has 2 rings (SSSR count). The normalized spacial score (nSPS) is 11.1. The van der Waals surface area contributed by atoms with Gasteiger partial charge in [0.25, 0.3) is 5.91 Å². The molecule has 0 unspecified atom stereocenters. The van der Waals surface area contributed by atoms with Crippen molar-refractivity contribution in [1.82, 2.24) is 0 Å². The summed E-state index contributed by atoms with van der Waals surface area (Å²) in [5.74, 6) is -1.07. The quantitative estimate of drug-likeness (QED) is 0.713. The highest BCUT2D eigenvalue weighted by atomic mass is 19.4. The molecule has 4 nitrogen and oxygen atoms in total. The smallest absolute Gasteiger partial charge is 0.370 e. The SMILES string of the molecule is CCN(CC)c1ccccc1NN(C(=O)CC(F)(F)F)c1ccccc1. The number of anilines is 3. The fraction of sp³-hybridized carbons (Fsp3) is 0.316. The molecule has 0 bridgehead atoms. The summed E-state index contributed by atoms with van der Waals surface area (Å²) >= 11 is 0. The van der Waals surface area contributed by atoms with Crippen LogP contribution in [0.1, 0.15) is 20.3 Å². The maximum absolute atomic E-state index is 12.8. The first kappa shape index (κ1) is 19.6. The molecule has 1 amide bonds. The first-order valence-corrected chi connectivity index (χ1v) is 8.41. The molecule has 2 aromatic rings. The van der Waals surface area contributed by atoms with E-state index in [9.17, 15) is 18.0 Å². The molecule has 0 fully saturated rings. The van der Waals surface area contributed by atoms with Crippen LogP contribution in [0.2, 0.25) is 0 Å². The van der Waals surface area contributed by atoms with Gasteiger partial charge in [0.05, 0.1) is 17.1 Å². The number of nitrogens with zero attached hydrogens (tertiary/aromatic N) is 2. The molecule has 0 aliphatic carbocycles. The van der Waals surface area contributed by atoms with Crippen LogP contribution in [0, 0.1) is 0 Å². The van der Waals surface area contributed by atoms with Gasteiger partial charge in [0.15, 0.2) is 0 Å². The monoisotopic (exact) mass is 365 g/mol. The number of benzene rings is 2. The van der Waals surface area contributed by atoms with Crippen molar-refractivity contribution in [3.05, 3.63) is 54.6 Å². The third-order valence-corrected chi connectivity index (χ3v) is 3.86. The number of hydrogen-bond acceptors (Lipinski definition) is 3. The number of nitrogens with one attached hydrogen (secondary N) is 1. The van der Waals surface area contributed by atoms with Gasteiger partial charge in [-0.15, -0.1) is 0 Å². The van der Waals surface area contributed by atoms with Gasteiger partial charge >= 0.3 is 6.18 Å². The molecule has 140 valence electrons. The molecular weight excluding hydrogens is 343 g/mol. The Bertz CT molecular complexity index is 715. The lowest BCUT2D eigenvalue weighted by molar-refractivity contribution is -0.151. The highest BCUT2D eigenvalue weighted by Gasteiger charge is 2.34. The van der Waals surface area contributed by atoms with E-state index < -0.39 is 18.5 Å². The van der Waals surface area contributed by atoms with E-state index in [4.69, 9.17) is 0 Å². The number of carbonyl (C=O) groups is 1. The van der Waals surface area contributed by atoms with E-state index >= 15 is 0 Å². The van der Waals surface area contributed by atoms with E-state index in [-0.39, 0.29) is 0 Å². The molecule has 2 aromatic carbocycles. The molecule has 1 N–H and O–H groups in total. The van der Waals surface area contributed by atoms with Gasteiger partial charge in [-0.3, -0.25) is 10.2 Å². The van der Waals surface area contributed by atoms with Crippen molar-refractivity contribution in [3.63, 3.8) is 0 Å². The van der Waals surface area contributed by atoms with Crippen LogP contribution in [0.15, 0.2) is 54.6 Å². The molecule has 0 atom stereocenters. The summed E-state index contributed by atoms with van der Waals surface area (Å²) in [6.07, 6.45) is -6.12. The van der Waals surface area contributed by atoms with Crippen LogP contribution in [-0.4, -0.2) is 25.2 Å². The number of alkyl halides is 3. The van der Waals surface area contributed by atoms with E-state index in [1.165, 1.54) is 0 Å². The molecule has 0 aromatic heterocycles. The summed E-state index contributed by atoms with van der Waals surface area (Å²) < 4.78 is 38.3. The minimum atomic E-state index is -4.58. The summed E-state index contributed by atoms with van der Waals surface area (Å²) in [4.78, 5) is 14.4. The maximum Gasteiger partial charge on any atom is 0.397 e. The molecule has 26 heavy (non-hydrogen) atoms. The number of carbonyl (C=O) groups excluding carboxylic acids is 1. The Morgan fingerprint density at radius 3 is 2.12 bits per heavy atom. The number of amides is 1. The van der Waals surface area contributed by atoms with Crippen molar-refractivity contribution >= 4 is 23.0 Å². The van der Waals surface area contributed by atoms with Crippen molar-refractivity contribution in [1.29, 1.82) is 0 Å². The second kappa shape index (κ2) is 8.60. The van der Waals surface area contributed by atoms with E-state index in [2.05, 4.69) is 10.3 Å². The first-order valence-electron chi connectivity index (χ1n) is 8.41. The second-order valence-electron chi connectivity index (χ2n) is 5.66. The van der Waals surface area contributed by atoms with Gasteiger partial charge in [-0.1, -0.05) is 30.3 Å². The topological polar surface area (TPSA) is 35.6 Å². The van der Waals surface area contributed by atoms with E-state index in [1.54, 1.807) is 42.5 Å². The van der Waals surface area contributed by atoms with Crippen LogP contribution in [0.3, 0.4) is 0 Å². The summed E-state index contributed by atoms with van der Waals surface area (Å²) in [5.41, 5.74) is 4.60. The van der Waals surface area contributed by atoms with Crippen LogP contribution >= 0.6 is 0 Å². The van der Waals surface area contributed by atoms with Crippen LogP contribution < -0.4 is 15.3 Å². The largest absolute Gasteiger partial charge is 0.397 e. The number of halogens is 3. The second-order valence-corrected chi connectivity index (χ2v) is 5.66. The fourth-order valence-electron chi connectivity index (χ4n) is 2.63. The lowest BCUT2D eigenvalue weighted by Crippen LogP contribution is -2.39. The van der Waals surface area contributed by atoms with Crippen molar-refractivity contribution < 1.29 is 18.0 Å².